The van der Waals surface area contributed by atoms with Crippen molar-refractivity contribution in [3.8, 4) is 22.9 Å². The van der Waals surface area contributed by atoms with Gasteiger partial charge in [0.05, 0.1) is 22.3 Å². The summed E-state index contributed by atoms with van der Waals surface area (Å²) in [5.41, 5.74) is 1.69. The largest absolute Gasteiger partial charge is 0.439 e. The van der Waals surface area contributed by atoms with Crippen molar-refractivity contribution >= 4 is 11.0 Å². The van der Waals surface area contributed by atoms with Crippen molar-refractivity contribution in [1.29, 1.82) is 0 Å². The van der Waals surface area contributed by atoms with Gasteiger partial charge in [-0.15, -0.1) is 0 Å². The second kappa shape index (κ2) is 8.70. The summed E-state index contributed by atoms with van der Waals surface area (Å²) in [6, 6.07) is 9.12. The Balaban J connectivity index is 1.76. The molecular weight excluding hydrogens is 437 g/mol. The summed E-state index contributed by atoms with van der Waals surface area (Å²) in [5.74, 6) is 0.755. The van der Waals surface area contributed by atoms with E-state index in [-0.39, 0.29) is 23.8 Å². The number of benzene rings is 1. The SMILES string of the molecule is Cc1nc(Oc2ccc(C(F)(F)F)cc2)cc(-c2cn(CCCO)c3ccc(=O)n(C)c23)n1. The summed E-state index contributed by atoms with van der Waals surface area (Å²) in [6.07, 6.45) is -2.04. The van der Waals surface area contributed by atoms with Crippen LogP contribution in [0.5, 0.6) is 11.6 Å². The number of hydrogen-bond acceptors (Lipinski definition) is 5. The highest BCUT2D eigenvalue weighted by atomic mass is 19.4. The predicted octanol–water partition coefficient (Wildman–Crippen LogP) is 4.30. The molecule has 0 saturated carbocycles. The standard InChI is InChI=1S/C23H21F3N4O3/c1-14-27-18(12-20(28-14)33-16-6-4-15(5-7-16)23(24,25)26)17-13-30(10-3-11-31)19-8-9-21(32)29(2)22(17)19/h4-9,12-13,31H,3,10-11H2,1-2H3. The minimum Gasteiger partial charge on any atom is -0.439 e. The van der Waals surface area contributed by atoms with E-state index < -0.39 is 11.7 Å². The number of aromatic nitrogens is 4. The molecule has 0 radical (unpaired) electrons. The predicted molar refractivity (Wildman–Crippen MR) is 116 cm³/mol. The molecule has 0 fully saturated rings. The van der Waals surface area contributed by atoms with Gasteiger partial charge in [-0.25, -0.2) is 4.98 Å². The second-order valence-electron chi connectivity index (χ2n) is 7.54. The Morgan fingerprint density at radius 3 is 2.48 bits per heavy atom. The summed E-state index contributed by atoms with van der Waals surface area (Å²) < 4.78 is 47.6. The van der Waals surface area contributed by atoms with Gasteiger partial charge in [-0.1, -0.05) is 0 Å². The molecule has 0 aliphatic heterocycles. The highest BCUT2D eigenvalue weighted by Gasteiger charge is 2.30. The maximum absolute atomic E-state index is 12.8. The minimum absolute atomic E-state index is 0.0263. The second-order valence-corrected chi connectivity index (χ2v) is 7.54. The lowest BCUT2D eigenvalue weighted by Crippen LogP contribution is -2.15. The van der Waals surface area contributed by atoms with Crippen molar-refractivity contribution in [2.24, 2.45) is 7.05 Å². The van der Waals surface area contributed by atoms with Crippen LogP contribution in [0.2, 0.25) is 0 Å². The van der Waals surface area contributed by atoms with Crippen LogP contribution in [0.25, 0.3) is 22.3 Å². The summed E-state index contributed by atoms with van der Waals surface area (Å²) >= 11 is 0. The summed E-state index contributed by atoms with van der Waals surface area (Å²) in [5, 5.41) is 9.23. The fourth-order valence-corrected chi connectivity index (χ4v) is 3.64. The molecular formula is C23H21F3N4O3. The zero-order valence-corrected chi connectivity index (χ0v) is 17.9. The summed E-state index contributed by atoms with van der Waals surface area (Å²) in [7, 11) is 1.66. The van der Waals surface area contributed by atoms with Crippen molar-refractivity contribution < 1.29 is 23.0 Å². The number of halogens is 3. The van der Waals surface area contributed by atoms with E-state index in [1.165, 1.54) is 22.8 Å². The molecule has 0 atom stereocenters. The van der Waals surface area contributed by atoms with Gasteiger partial charge in [0.25, 0.3) is 5.56 Å². The average molecular weight is 458 g/mol. The van der Waals surface area contributed by atoms with Gasteiger partial charge >= 0.3 is 6.18 Å². The van der Waals surface area contributed by atoms with Gasteiger partial charge in [0.2, 0.25) is 5.88 Å². The van der Waals surface area contributed by atoms with E-state index in [1.807, 2.05) is 10.8 Å². The van der Waals surface area contributed by atoms with Crippen LogP contribution in [0.1, 0.15) is 17.8 Å². The Bertz CT molecular complexity index is 1360. The van der Waals surface area contributed by atoms with Crippen LogP contribution in [0, 0.1) is 6.92 Å². The molecule has 1 N–H and O–H groups in total. The third kappa shape index (κ3) is 4.61. The van der Waals surface area contributed by atoms with Crippen LogP contribution in [0.15, 0.2) is 53.5 Å². The van der Waals surface area contributed by atoms with Crippen LogP contribution in [0.3, 0.4) is 0 Å². The first-order valence-electron chi connectivity index (χ1n) is 10.2. The van der Waals surface area contributed by atoms with Crippen LogP contribution < -0.4 is 10.3 Å². The summed E-state index contributed by atoms with van der Waals surface area (Å²) in [4.78, 5) is 21.0. The Kier molecular flexibility index (Phi) is 5.94. The van der Waals surface area contributed by atoms with E-state index in [4.69, 9.17) is 4.74 Å². The molecule has 3 heterocycles. The van der Waals surface area contributed by atoms with Crippen LogP contribution >= 0.6 is 0 Å². The molecule has 0 spiro atoms. The van der Waals surface area contributed by atoms with E-state index in [2.05, 4.69) is 9.97 Å². The first-order valence-corrected chi connectivity index (χ1v) is 10.2. The molecule has 0 aliphatic rings. The zero-order chi connectivity index (χ0) is 23.8. The van der Waals surface area contributed by atoms with E-state index >= 15 is 0 Å². The third-order valence-corrected chi connectivity index (χ3v) is 5.19. The molecule has 4 rings (SSSR count). The van der Waals surface area contributed by atoms with E-state index in [0.717, 1.165) is 17.6 Å². The highest BCUT2D eigenvalue weighted by Crippen LogP contribution is 2.33. The maximum atomic E-state index is 12.8. The molecule has 0 aliphatic carbocycles. The normalized spacial score (nSPS) is 11.8. The topological polar surface area (TPSA) is 82.2 Å². The van der Waals surface area contributed by atoms with Crippen molar-refractivity contribution in [2.75, 3.05) is 6.61 Å². The Morgan fingerprint density at radius 2 is 1.82 bits per heavy atom. The lowest BCUT2D eigenvalue weighted by atomic mass is 10.2. The zero-order valence-electron chi connectivity index (χ0n) is 17.9. The Morgan fingerprint density at radius 1 is 1.09 bits per heavy atom. The third-order valence-electron chi connectivity index (χ3n) is 5.19. The number of aliphatic hydroxyl groups is 1. The number of pyridine rings is 1. The Hall–Kier alpha value is -3.66. The fraction of sp³-hybridized carbons (Fsp3) is 0.261. The number of rotatable bonds is 6. The number of aliphatic hydroxyl groups excluding tert-OH is 1. The van der Waals surface area contributed by atoms with Crippen molar-refractivity contribution in [3.05, 3.63) is 70.4 Å². The lowest BCUT2D eigenvalue weighted by Gasteiger charge is -2.10. The number of fused-ring (bicyclic) bond motifs is 1. The Labute approximate surface area is 186 Å². The van der Waals surface area contributed by atoms with Crippen LogP contribution in [0.4, 0.5) is 13.2 Å². The first-order chi connectivity index (χ1) is 15.7. The van der Waals surface area contributed by atoms with Gasteiger partial charge in [0, 0.05) is 44.1 Å². The molecule has 0 unspecified atom stereocenters. The molecule has 7 nitrogen and oxygen atoms in total. The number of aryl methyl sites for hydroxylation is 3. The van der Waals surface area contributed by atoms with Gasteiger partial charge in [-0.3, -0.25) is 4.79 Å². The average Bonchev–Trinajstić information content (AvgIpc) is 3.13. The fourth-order valence-electron chi connectivity index (χ4n) is 3.64. The lowest BCUT2D eigenvalue weighted by molar-refractivity contribution is -0.137. The molecule has 33 heavy (non-hydrogen) atoms. The molecule has 0 amide bonds. The van der Waals surface area contributed by atoms with Gasteiger partial charge in [0.15, 0.2) is 0 Å². The maximum Gasteiger partial charge on any atom is 0.416 e. The van der Waals surface area contributed by atoms with Gasteiger partial charge < -0.3 is 19.0 Å². The first kappa shape index (κ1) is 22.5. The van der Waals surface area contributed by atoms with Crippen molar-refractivity contribution in [2.45, 2.75) is 26.1 Å². The van der Waals surface area contributed by atoms with Gasteiger partial charge in [0.1, 0.15) is 11.6 Å². The number of alkyl halides is 3. The van der Waals surface area contributed by atoms with E-state index in [1.54, 1.807) is 26.1 Å². The van der Waals surface area contributed by atoms with E-state index in [9.17, 15) is 23.1 Å². The molecule has 3 aromatic heterocycles. The van der Waals surface area contributed by atoms with E-state index in [0.29, 0.717) is 35.6 Å². The summed E-state index contributed by atoms with van der Waals surface area (Å²) in [6.45, 7) is 2.25. The van der Waals surface area contributed by atoms with Gasteiger partial charge in [-0.05, 0) is 43.7 Å². The van der Waals surface area contributed by atoms with Crippen LogP contribution in [-0.2, 0) is 19.8 Å². The molecule has 10 heteroatoms. The number of hydrogen-bond donors (Lipinski definition) is 1. The highest BCUT2D eigenvalue weighted by molar-refractivity contribution is 5.92. The molecule has 0 bridgehead atoms. The number of ether oxygens (including phenoxy) is 1. The molecule has 172 valence electrons. The molecule has 4 aromatic rings. The van der Waals surface area contributed by atoms with Gasteiger partial charge in [-0.2, -0.15) is 18.2 Å². The van der Waals surface area contributed by atoms with Crippen molar-refractivity contribution in [3.63, 3.8) is 0 Å². The smallest absolute Gasteiger partial charge is 0.416 e. The molecule has 0 saturated heterocycles. The number of nitrogens with zero attached hydrogens (tertiary/aromatic N) is 4. The minimum atomic E-state index is -4.43. The molecule has 1 aromatic carbocycles. The monoisotopic (exact) mass is 458 g/mol. The van der Waals surface area contributed by atoms with Crippen LogP contribution in [-0.4, -0.2) is 30.8 Å². The quantitative estimate of drug-likeness (QED) is 0.466. The van der Waals surface area contributed by atoms with Crippen molar-refractivity contribution in [1.82, 2.24) is 19.1 Å².